The van der Waals surface area contributed by atoms with Gasteiger partial charge in [-0.3, -0.25) is 4.79 Å². The molecule has 0 aliphatic rings. The van der Waals surface area contributed by atoms with Crippen LogP contribution in [0.3, 0.4) is 0 Å². The molecule has 8 heteroatoms. The van der Waals surface area contributed by atoms with E-state index in [0.717, 1.165) is 24.8 Å². The summed E-state index contributed by atoms with van der Waals surface area (Å²) in [6, 6.07) is 6.86. The zero-order chi connectivity index (χ0) is 17.6. The number of carbonyl (C=O) groups excluding carboxylic acids is 1. The predicted molar refractivity (Wildman–Crippen MR) is 80.9 cm³/mol. The van der Waals surface area contributed by atoms with Crippen LogP contribution >= 0.6 is 0 Å². The Morgan fingerprint density at radius 2 is 1.96 bits per heavy atom. The number of benzene rings is 1. The molecule has 24 heavy (non-hydrogen) atoms. The number of hydrogen-bond donors (Lipinski definition) is 0. The van der Waals surface area contributed by atoms with Crippen molar-refractivity contribution in [1.82, 2.24) is 15.0 Å². The lowest BCUT2D eigenvalue weighted by Gasteiger charge is -2.14. The van der Waals surface area contributed by atoms with Crippen molar-refractivity contribution in [2.75, 3.05) is 13.1 Å². The van der Waals surface area contributed by atoms with E-state index in [1.165, 1.54) is 0 Å². The van der Waals surface area contributed by atoms with Gasteiger partial charge in [-0.15, -0.1) is 6.58 Å². The molecule has 5 nitrogen and oxygen atoms in total. The van der Waals surface area contributed by atoms with E-state index in [9.17, 15) is 18.0 Å². The van der Waals surface area contributed by atoms with Gasteiger partial charge in [0, 0.05) is 18.7 Å². The monoisotopic (exact) mass is 339 g/mol. The molecule has 128 valence electrons. The molecule has 0 bridgehead atoms. The van der Waals surface area contributed by atoms with E-state index < -0.39 is 12.1 Å². The topological polar surface area (TPSA) is 59.2 Å². The summed E-state index contributed by atoms with van der Waals surface area (Å²) in [4.78, 5) is 15.7. The molecule has 0 fully saturated rings. The largest absolute Gasteiger partial charge is 0.471 e. The molecule has 1 aromatic heterocycles. The summed E-state index contributed by atoms with van der Waals surface area (Å²) in [6.45, 7) is 4.69. The predicted octanol–water partition coefficient (Wildman–Crippen LogP) is 3.33. The number of aryl methyl sites for hydroxylation is 1. The third kappa shape index (κ3) is 4.68. The van der Waals surface area contributed by atoms with Gasteiger partial charge >= 0.3 is 12.1 Å². The third-order valence-corrected chi connectivity index (χ3v) is 3.30. The van der Waals surface area contributed by atoms with Crippen molar-refractivity contribution >= 4 is 6.41 Å². The fourth-order valence-corrected chi connectivity index (χ4v) is 2.12. The van der Waals surface area contributed by atoms with E-state index in [1.807, 2.05) is 0 Å². The normalized spacial score (nSPS) is 11.3. The number of amides is 1. The first-order valence-electron chi connectivity index (χ1n) is 7.24. The maximum Gasteiger partial charge on any atom is 0.471 e. The molecule has 0 spiro atoms. The van der Waals surface area contributed by atoms with Crippen molar-refractivity contribution in [3.05, 3.63) is 48.4 Å². The molecular formula is C16H16F3N3O2. The van der Waals surface area contributed by atoms with Gasteiger partial charge < -0.3 is 9.42 Å². The van der Waals surface area contributed by atoms with Crippen LogP contribution in [0, 0.1) is 0 Å². The van der Waals surface area contributed by atoms with Crippen LogP contribution in [0.1, 0.15) is 17.9 Å². The van der Waals surface area contributed by atoms with Gasteiger partial charge in [-0.1, -0.05) is 35.5 Å². The van der Waals surface area contributed by atoms with E-state index in [1.54, 1.807) is 35.2 Å². The van der Waals surface area contributed by atoms with Crippen LogP contribution in [0.2, 0.25) is 0 Å². The van der Waals surface area contributed by atoms with Gasteiger partial charge in [0.15, 0.2) is 0 Å². The van der Waals surface area contributed by atoms with Gasteiger partial charge in [-0.05, 0) is 18.4 Å². The summed E-state index contributed by atoms with van der Waals surface area (Å²) in [7, 11) is 0. The molecule has 1 heterocycles. The fourth-order valence-electron chi connectivity index (χ4n) is 2.12. The minimum Gasteiger partial charge on any atom is -0.342 e. The molecule has 0 aliphatic heterocycles. The van der Waals surface area contributed by atoms with Crippen LogP contribution in [0.25, 0.3) is 11.4 Å². The molecule has 1 amide bonds. The molecule has 0 atom stereocenters. The van der Waals surface area contributed by atoms with Gasteiger partial charge in [-0.25, -0.2) is 0 Å². The molecule has 2 aromatic rings. The lowest BCUT2D eigenvalue weighted by Crippen LogP contribution is -2.23. The Morgan fingerprint density at radius 1 is 1.25 bits per heavy atom. The van der Waals surface area contributed by atoms with Crippen LogP contribution in [0.5, 0.6) is 0 Å². The molecule has 0 N–H and O–H groups in total. The van der Waals surface area contributed by atoms with Crippen LogP contribution in [0.4, 0.5) is 13.2 Å². The number of aromatic nitrogens is 2. The van der Waals surface area contributed by atoms with Crippen molar-refractivity contribution in [2.24, 2.45) is 0 Å². The van der Waals surface area contributed by atoms with Crippen LogP contribution in [-0.4, -0.2) is 34.5 Å². The Balaban J connectivity index is 1.94. The molecule has 0 unspecified atom stereocenters. The SMILES string of the molecule is C=CCN(C=O)CCCc1ccc(-c2noc(C(F)(F)F)n2)cc1. The van der Waals surface area contributed by atoms with Crippen LogP contribution in [-0.2, 0) is 17.4 Å². The first kappa shape index (κ1) is 17.7. The summed E-state index contributed by atoms with van der Waals surface area (Å²) >= 11 is 0. The van der Waals surface area contributed by atoms with Crippen molar-refractivity contribution in [3.8, 4) is 11.4 Å². The Bertz CT molecular complexity index is 681. The summed E-state index contributed by atoms with van der Waals surface area (Å²) in [6.07, 6.45) is -0.710. The van der Waals surface area contributed by atoms with E-state index in [-0.39, 0.29) is 5.82 Å². The van der Waals surface area contributed by atoms with E-state index >= 15 is 0 Å². The summed E-state index contributed by atoms with van der Waals surface area (Å²) in [5.41, 5.74) is 1.45. The molecule has 0 saturated heterocycles. The highest BCUT2D eigenvalue weighted by Crippen LogP contribution is 2.29. The zero-order valence-corrected chi connectivity index (χ0v) is 12.8. The zero-order valence-electron chi connectivity index (χ0n) is 12.8. The maximum absolute atomic E-state index is 12.4. The lowest BCUT2D eigenvalue weighted by atomic mass is 10.1. The third-order valence-electron chi connectivity index (χ3n) is 3.30. The second kappa shape index (κ2) is 7.76. The minimum absolute atomic E-state index is 0.105. The number of nitrogens with zero attached hydrogens (tertiary/aromatic N) is 3. The molecule has 0 radical (unpaired) electrons. The Kier molecular flexibility index (Phi) is 5.73. The van der Waals surface area contributed by atoms with Crippen molar-refractivity contribution < 1.29 is 22.5 Å². The van der Waals surface area contributed by atoms with Crippen molar-refractivity contribution in [3.63, 3.8) is 0 Å². The fraction of sp³-hybridized carbons (Fsp3) is 0.312. The Labute approximate surface area is 136 Å². The molecular weight excluding hydrogens is 323 g/mol. The van der Waals surface area contributed by atoms with Gasteiger partial charge in [0.05, 0.1) is 0 Å². The first-order valence-corrected chi connectivity index (χ1v) is 7.24. The number of halogens is 3. The lowest BCUT2D eigenvalue weighted by molar-refractivity contribution is -0.159. The highest BCUT2D eigenvalue weighted by atomic mass is 19.4. The minimum atomic E-state index is -4.65. The van der Waals surface area contributed by atoms with Gasteiger partial charge in [0.25, 0.3) is 0 Å². The summed E-state index contributed by atoms with van der Waals surface area (Å²) < 4.78 is 41.5. The standard InChI is InChI=1S/C16H16F3N3O2/c1-2-9-22(11-23)10-3-4-12-5-7-13(8-6-12)14-20-15(24-21-14)16(17,18)19/h2,5-8,11H,1,3-4,9-10H2. The van der Waals surface area contributed by atoms with Crippen molar-refractivity contribution in [1.29, 1.82) is 0 Å². The average Bonchev–Trinajstić information content (AvgIpc) is 3.05. The maximum atomic E-state index is 12.4. The molecule has 1 aromatic carbocycles. The molecule has 0 saturated carbocycles. The number of alkyl halides is 3. The second-order valence-corrected chi connectivity index (χ2v) is 5.11. The number of hydrogen-bond acceptors (Lipinski definition) is 4. The molecule has 0 aliphatic carbocycles. The smallest absolute Gasteiger partial charge is 0.342 e. The van der Waals surface area contributed by atoms with Gasteiger partial charge in [0.1, 0.15) is 0 Å². The second-order valence-electron chi connectivity index (χ2n) is 5.11. The Hall–Kier alpha value is -2.64. The number of rotatable bonds is 8. The summed E-state index contributed by atoms with van der Waals surface area (Å²) in [5, 5.41) is 3.34. The first-order chi connectivity index (χ1) is 11.4. The van der Waals surface area contributed by atoms with Gasteiger partial charge in [-0.2, -0.15) is 18.2 Å². The van der Waals surface area contributed by atoms with Crippen LogP contribution in [0.15, 0.2) is 41.4 Å². The Morgan fingerprint density at radius 3 is 2.50 bits per heavy atom. The van der Waals surface area contributed by atoms with Crippen LogP contribution < -0.4 is 0 Å². The van der Waals surface area contributed by atoms with Gasteiger partial charge in [0.2, 0.25) is 12.2 Å². The number of carbonyl (C=O) groups is 1. The summed E-state index contributed by atoms with van der Waals surface area (Å²) in [5.74, 6) is -1.47. The quantitative estimate of drug-likeness (QED) is 0.547. The van der Waals surface area contributed by atoms with Crippen molar-refractivity contribution in [2.45, 2.75) is 19.0 Å². The average molecular weight is 339 g/mol. The highest BCUT2D eigenvalue weighted by Gasteiger charge is 2.38. The van der Waals surface area contributed by atoms with E-state index in [2.05, 4.69) is 21.2 Å². The molecule has 2 rings (SSSR count). The van der Waals surface area contributed by atoms with E-state index in [0.29, 0.717) is 18.7 Å². The highest BCUT2D eigenvalue weighted by molar-refractivity contribution is 5.54. The van der Waals surface area contributed by atoms with E-state index in [4.69, 9.17) is 0 Å².